The van der Waals surface area contributed by atoms with Crippen LogP contribution in [0.15, 0.2) is 71.2 Å². The second-order valence-electron chi connectivity index (χ2n) is 7.82. The Morgan fingerprint density at radius 3 is 2.76 bits per heavy atom. The second-order valence-corrected chi connectivity index (χ2v) is 8.68. The summed E-state index contributed by atoms with van der Waals surface area (Å²) in [5.74, 6) is 1.15. The van der Waals surface area contributed by atoms with Gasteiger partial charge in [0.2, 0.25) is 0 Å². The van der Waals surface area contributed by atoms with Crippen molar-refractivity contribution in [3.8, 4) is 11.5 Å². The number of unbranched alkanes of at least 4 members (excludes halogenated alkanes) is 1. The van der Waals surface area contributed by atoms with Gasteiger partial charge in [0, 0.05) is 16.7 Å². The number of halogens is 1. The van der Waals surface area contributed by atoms with Crippen LogP contribution >= 0.6 is 15.9 Å². The highest BCUT2D eigenvalue weighted by molar-refractivity contribution is 9.10. The molecule has 33 heavy (non-hydrogen) atoms. The first-order valence-corrected chi connectivity index (χ1v) is 11.6. The van der Waals surface area contributed by atoms with Crippen molar-refractivity contribution >= 4 is 39.1 Å². The lowest BCUT2D eigenvalue weighted by atomic mass is 10.1. The van der Waals surface area contributed by atoms with E-state index in [2.05, 4.69) is 21.2 Å². The molecule has 0 unspecified atom stereocenters. The fourth-order valence-electron chi connectivity index (χ4n) is 3.64. The molecule has 2 amide bonds. The van der Waals surface area contributed by atoms with E-state index in [9.17, 15) is 9.59 Å². The molecule has 0 spiro atoms. The first-order chi connectivity index (χ1) is 16.0. The number of benzene rings is 3. The van der Waals surface area contributed by atoms with E-state index in [1.807, 2.05) is 49.4 Å². The van der Waals surface area contributed by atoms with Crippen molar-refractivity contribution in [3.05, 3.63) is 82.3 Å². The van der Waals surface area contributed by atoms with Crippen LogP contribution in [0.3, 0.4) is 0 Å². The highest BCUT2D eigenvalue weighted by Gasteiger charge is 2.25. The maximum absolute atomic E-state index is 12.7. The van der Waals surface area contributed by atoms with E-state index in [4.69, 9.17) is 9.47 Å². The number of nitrogens with zero attached hydrogens (tertiary/aromatic N) is 1. The van der Waals surface area contributed by atoms with Crippen LogP contribution in [0.5, 0.6) is 11.5 Å². The summed E-state index contributed by atoms with van der Waals surface area (Å²) in [6, 6.07) is 20.5. The molecule has 1 N–H and O–H groups in total. The van der Waals surface area contributed by atoms with Gasteiger partial charge in [0.25, 0.3) is 11.8 Å². The van der Waals surface area contributed by atoms with Gasteiger partial charge in [0.1, 0.15) is 11.5 Å². The molecule has 6 nitrogen and oxygen atoms in total. The Labute approximate surface area is 201 Å². The molecule has 170 valence electrons. The number of amides is 2. The third-order valence-electron chi connectivity index (χ3n) is 5.31. The first-order valence-electron chi connectivity index (χ1n) is 10.8. The molecule has 7 heteroatoms. The predicted molar refractivity (Wildman–Crippen MR) is 132 cm³/mol. The minimum Gasteiger partial charge on any atom is -0.494 e. The lowest BCUT2D eigenvalue weighted by Crippen LogP contribution is -2.39. The van der Waals surface area contributed by atoms with Crippen LogP contribution in [-0.2, 0) is 4.79 Å². The van der Waals surface area contributed by atoms with E-state index in [1.54, 1.807) is 29.2 Å². The van der Waals surface area contributed by atoms with Crippen LogP contribution in [-0.4, -0.2) is 31.6 Å². The zero-order valence-corrected chi connectivity index (χ0v) is 19.9. The quantitative estimate of drug-likeness (QED) is 0.402. The number of rotatable bonds is 8. The summed E-state index contributed by atoms with van der Waals surface area (Å²) in [6.07, 6.45) is 1.59. The van der Waals surface area contributed by atoms with Gasteiger partial charge in [-0.25, -0.2) is 0 Å². The van der Waals surface area contributed by atoms with Gasteiger partial charge in [-0.2, -0.15) is 0 Å². The van der Waals surface area contributed by atoms with Gasteiger partial charge in [0.15, 0.2) is 6.61 Å². The summed E-state index contributed by atoms with van der Waals surface area (Å²) in [7, 11) is 0. The second kappa shape index (κ2) is 10.5. The smallest absolute Gasteiger partial charge is 0.265 e. The molecule has 1 heterocycles. The Balaban J connectivity index is 1.38. The Kier molecular flexibility index (Phi) is 7.29. The van der Waals surface area contributed by atoms with Crippen LogP contribution < -0.4 is 19.7 Å². The molecule has 0 saturated carbocycles. The molecule has 3 aromatic carbocycles. The zero-order chi connectivity index (χ0) is 23.2. The van der Waals surface area contributed by atoms with Crippen molar-refractivity contribution in [1.82, 2.24) is 0 Å². The van der Waals surface area contributed by atoms with Crippen LogP contribution in [0.2, 0.25) is 0 Å². The van der Waals surface area contributed by atoms with E-state index < -0.39 is 0 Å². The molecule has 1 aliphatic rings. The summed E-state index contributed by atoms with van der Waals surface area (Å²) in [5, 5.41) is 2.90. The molecule has 0 radical (unpaired) electrons. The number of anilines is 2. The lowest BCUT2D eigenvalue weighted by Gasteiger charge is -2.30. The third-order valence-corrected chi connectivity index (χ3v) is 6.00. The number of carbonyl (C=O) groups is 2. The monoisotopic (exact) mass is 508 g/mol. The van der Waals surface area contributed by atoms with Crippen molar-refractivity contribution in [2.24, 2.45) is 0 Å². The van der Waals surface area contributed by atoms with E-state index in [-0.39, 0.29) is 18.4 Å². The van der Waals surface area contributed by atoms with Gasteiger partial charge in [-0.15, -0.1) is 0 Å². The number of hydrogen-bond acceptors (Lipinski definition) is 4. The number of hydrogen-bond donors (Lipinski definition) is 1. The van der Waals surface area contributed by atoms with Gasteiger partial charge in [0.05, 0.1) is 17.9 Å². The Morgan fingerprint density at radius 2 is 1.94 bits per heavy atom. The van der Waals surface area contributed by atoms with E-state index in [1.165, 1.54) is 0 Å². The molecular weight excluding hydrogens is 484 g/mol. The molecule has 4 rings (SSSR count). The molecule has 0 atom stereocenters. The van der Waals surface area contributed by atoms with Crippen molar-refractivity contribution < 1.29 is 19.1 Å². The fraction of sp³-hybridized carbons (Fsp3) is 0.231. The minimum absolute atomic E-state index is 0.00939. The standard InChI is InChI=1S/C26H25BrN2O4/c1-18-7-6-8-20(15-18)32-14-5-4-13-29-23-16-19(11-12-24(23)33-17-25(29)30)28-26(31)21-9-2-3-10-22(21)27/h2-3,6-12,15-16H,4-5,13-14,17H2,1H3,(H,28,31). The summed E-state index contributed by atoms with van der Waals surface area (Å²) in [5.41, 5.74) is 2.95. The Morgan fingerprint density at radius 1 is 1.09 bits per heavy atom. The predicted octanol–water partition coefficient (Wildman–Crippen LogP) is 5.59. The zero-order valence-electron chi connectivity index (χ0n) is 18.3. The lowest BCUT2D eigenvalue weighted by molar-refractivity contribution is -0.121. The highest BCUT2D eigenvalue weighted by Crippen LogP contribution is 2.35. The number of fused-ring (bicyclic) bond motifs is 1. The average Bonchev–Trinajstić information content (AvgIpc) is 2.80. The van der Waals surface area contributed by atoms with Crippen molar-refractivity contribution in [1.29, 1.82) is 0 Å². The molecule has 0 aromatic heterocycles. The molecule has 0 fully saturated rings. The van der Waals surface area contributed by atoms with Crippen LogP contribution in [0.25, 0.3) is 0 Å². The molecular formula is C26H25BrN2O4. The minimum atomic E-state index is -0.231. The van der Waals surface area contributed by atoms with E-state index >= 15 is 0 Å². The normalized spacial score (nSPS) is 12.7. The molecule has 0 aliphatic carbocycles. The summed E-state index contributed by atoms with van der Waals surface area (Å²) in [6.45, 7) is 3.17. The largest absolute Gasteiger partial charge is 0.494 e. The number of ether oxygens (including phenoxy) is 2. The molecule has 3 aromatic rings. The fourth-order valence-corrected chi connectivity index (χ4v) is 4.10. The van der Waals surface area contributed by atoms with E-state index in [0.717, 1.165) is 24.2 Å². The summed E-state index contributed by atoms with van der Waals surface area (Å²) < 4.78 is 12.1. The van der Waals surface area contributed by atoms with Gasteiger partial charge in [-0.3, -0.25) is 9.59 Å². The molecule has 0 bridgehead atoms. The Bertz CT molecular complexity index is 1160. The number of carbonyl (C=O) groups excluding carboxylic acids is 2. The average molecular weight is 509 g/mol. The van der Waals surface area contributed by atoms with Crippen molar-refractivity contribution in [2.45, 2.75) is 19.8 Å². The van der Waals surface area contributed by atoms with Gasteiger partial charge >= 0.3 is 0 Å². The van der Waals surface area contributed by atoms with Crippen molar-refractivity contribution in [2.75, 3.05) is 30.0 Å². The van der Waals surface area contributed by atoms with Crippen LogP contribution in [0.1, 0.15) is 28.8 Å². The summed E-state index contributed by atoms with van der Waals surface area (Å²) >= 11 is 3.40. The first kappa shape index (κ1) is 22.9. The molecule has 1 aliphatic heterocycles. The van der Waals surface area contributed by atoms with E-state index in [0.29, 0.717) is 40.3 Å². The maximum atomic E-state index is 12.7. The topological polar surface area (TPSA) is 67.9 Å². The highest BCUT2D eigenvalue weighted by atomic mass is 79.9. The molecule has 0 saturated heterocycles. The van der Waals surface area contributed by atoms with Crippen LogP contribution in [0.4, 0.5) is 11.4 Å². The number of aryl methyl sites for hydroxylation is 1. The maximum Gasteiger partial charge on any atom is 0.265 e. The summed E-state index contributed by atoms with van der Waals surface area (Å²) in [4.78, 5) is 26.9. The van der Waals surface area contributed by atoms with Gasteiger partial charge < -0.3 is 19.7 Å². The Hall–Kier alpha value is -3.32. The number of nitrogens with one attached hydrogen (secondary N) is 1. The SMILES string of the molecule is Cc1cccc(OCCCCN2C(=O)COc3ccc(NC(=O)c4ccccc4Br)cc32)c1. The van der Waals surface area contributed by atoms with Crippen LogP contribution in [0, 0.1) is 6.92 Å². The third kappa shape index (κ3) is 5.73. The van der Waals surface area contributed by atoms with Gasteiger partial charge in [-0.05, 0) is 83.7 Å². The van der Waals surface area contributed by atoms with Crippen molar-refractivity contribution in [3.63, 3.8) is 0 Å². The van der Waals surface area contributed by atoms with Gasteiger partial charge in [-0.1, -0.05) is 24.3 Å².